The van der Waals surface area contributed by atoms with Crippen molar-refractivity contribution in [3.05, 3.63) is 0 Å². The van der Waals surface area contributed by atoms with Crippen LogP contribution in [0.25, 0.3) is 0 Å². The third-order valence-corrected chi connectivity index (χ3v) is 1.78. The van der Waals surface area contributed by atoms with Crippen LogP contribution in [0.15, 0.2) is 0 Å². The first-order valence-electron chi connectivity index (χ1n) is 3.35. The zero-order valence-corrected chi connectivity index (χ0v) is 5.99. The van der Waals surface area contributed by atoms with E-state index >= 15 is 0 Å². The summed E-state index contributed by atoms with van der Waals surface area (Å²) in [6, 6.07) is 0. The van der Waals surface area contributed by atoms with Crippen molar-refractivity contribution in [3.63, 3.8) is 0 Å². The van der Waals surface area contributed by atoms with E-state index in [1.54, 1.807) is 0 Å². The molecule has 1 atom stereocenters. The summed E-state index contributed by atoms with van der Waals surface area (Å²) in [7, 11) is 0. The minimum absolute atomic E-state index is 0.0898. The van der Waals surface area contributed by atoms with Crippen molar-refractivity contribution < 1.29 is 14.7 Å². The summed E-state index contributed by atoms with van der Waals surface area (Å²) in [4.78, 5) is 22.6. The lowest BCUT2D eigenvalue weighted by molar-refractivity contribution is -0.141. The molecule has 3 N–H and O–H groups in total. The van der Waals surface area contributed by atoms with Crippen LogP contribution in [-0.2, 0) is 9.59 Å². The van der Waals surface area contributed by atoms with Crippen LogP contribution in [0.4, 0.5) is 0 Å². The fraction of sp³-hybridized carbons (Fsp3) is 0.667. The lowest BCUT2D eigenvalue weighted by Crippen LogP contribution is -2.31. The Labute approximate surface area is 63.8 Å². The summed E-state index contributed by atoms with van der Waals surface area (Å²) in [6.45, 7) is 0.368. The minimum atomic E-state index is -0.922. The Balaban J connectivity index is 2.56. The van der Waals surface area contributed by atoms with Crippen LogP contribution in [0.1, 0.15) is 6.42 Å². The second-order valence-corrected chi connectivity index (χ2v) is 2.54. The van der Waals surface area contributed by atoms with E-state index in [1.165, 1.54) is 4.90 Å². The van der Waals surface area contributed by atoms with Gasteiger partial charge in [0.2, 0.25) is 5.91 Å². The number of hydrogen-bond donors (Lipinski definition) is 2. The second-order valence-electron chi connectivity index (χ2n) is 2.54. The number of nitrogens with two attached hydrogens (primary N) is 1. The van der Waals surface area contributed by atoms with Gasteiger partial charge >= 0.3 is 5.97 Å². The molecule has 1 unspecified atom stereocenters. The summed E-state index contributed by atoms with van der Waals surface area (Å²) >= 11 is 0. The fourth-order valence-electron chi connectivity index (χ4n) is 1.11. The number of carbonyl (C=O) groups is 2. The summed E-state index contributed by atoms with van der Waals surface area (Å²) in [5, 5.41) is 8.52. The van der Waals surface area contributed by atoms with Gasteiger partial charge in [-0.1, -0.05) is 0 Å². The Bertz CT molecular complexity index is 192. The predicted octanol–water partition coefficient (Wildman–Crippen LogP) is -1.16. The van der Waals surface area contributed by atoms with Gasteiger partial charge in [-0.05, 0) is 0 Å². The van der Waals surface area contributed by atoms with Crippen LogP contribution in [0.3, 0.4) is 0 Å². The minimum Gasteiger partial charge on any atom is -0.481 e. The van der Waals surface area contributed by atoms with Crippen molar-refractivity contribution in [2.75, 3.05) is 13.2 Å². The number of carbonyl (C=O) groups excluding carboxylic acids is 1. The van der Waals surface area contributed by atoms with Gasteiger partial charge in [0.15, 0.2) is 0 Å². The molecule has 1 amide bonds. The number of rotatable bonds is 2. The van der Waals surface area contributed by atoms with Crippen molar-refractivity contribution in [1.82, 2.24) is 4.90 Å². The maximum Gasteiger partial charge on any atom is 0.308 e. The smallest absolute Gasteiger partial charge is 0.308 e. The van der Waals surface area contributed by atoms with Crippen LogP contribution in [0.5, 0.6) is 0 Å². The van der Waals surface area contributed by atoms with Crippen LogP contribution in [-0.4, -0.2) is 35.1 Å². The maximum atomic E-state index is 10.9. The molecule has 0 aromatic carbocycles. The number of amides is 1. The molecule has 0 aliphatic carbocycles. The molecule has 62 valence electrons. The first-order valence-corrected chi connectivity index (χ1v) is 3.35. The topological polar surface area (TPSA) is 83.6 Å². The number of carboxylic acids is 1. The molecule has 5 heteroatoms. The molecular formula is C6H10N2O3. The molecule has 0 radical (unpaired) electrons. The average Bonchev–Trinajstić information content (AvgIpc) is 2.31. The van der Waals surface area contributed by atoms with E-state index < -0.39 is 11.9 Å². The van der Waals surface area contributed by atoms with E-state index in [4.69, 9.17) is 10.8 Å². The molecule has 11 heavy (non-hydrogen) atoms. The van der Waals surface area contributed by atoms with Gasteiger partial charge < -0.3 is 15.7 Å². The molecule has 0 aromatic rings. The molecule has 1 fully saturated rings. The molecule has 1 saturated heterocycles. The van der Waals surface area contributed by atoms with Gasteiger partial charge in [-0.3, -0.25) is 9.59 Å². The largest absolute Gasteiger partial charge is 0.481 e. The van der Waals surface area contributed by atoms with E-state index in [9.17, 15) is 9.59 Å². The van der Waals surface area contributed by atoms with Gasteiger partial charge in [0, 0.05) is 13.0 Å². The molecule has 0 saturated carbocycles. The van der Waals surface area contributed by atoms with E-state index in [0.29, 0.717) is 0 Å². The molecule has 0 aromatic heterocycles. The Morgan fingerprint density at radius 1 is 1.82 bits per heavy atom. The number of carboxylic acid groups (broad SMARTS) is 1. The Morgan fingerprint density at radius 2 is 2.45 bits per heavy atom. The third kappa shape index (κ3) is 1.48. The molecule has 1 heterocycles. The van der Waals surface area contributed by atoms with Crippen LogP contribution in [0, 0.1) is 5.92 Å². The monoisotopic (exact) mass is 158 g/mol. The molecule has 5 nitrogen and oxygen atoms in total. The second kappa shape index (κ2) is 2.87. The normalized spacial score (nSPS) is 24.3. The first kappa shape index (κ1) is 8.00. The SMILES string of the molecule is NCN1CC(C(=O)O)CC1=O. The molecule has 1 aliphatic rings. The molecule has 1 rings (SSSR count). The predicted molar refractivity (Wildman–Crippen MR) is 36.5 cm³/mol. The van der Waals surface area contributed by atoms with Crippen LogP contribution in [0.2, 0.25) is 0 Å². The Kier molecular flexibility index (Phi) is 2.09. The number of nitrogens with zero attached hydrogens (tertiary/aromatic N) is 1. The quantitative estimate of drug-likeness (QED) is 0.530. The third-order valence-electron chi connectivity index (χ3n) is 1.78. The van der Waals surface area contributed by atoms with E-state index in [1.807, 2.05) is 0 Å². The van der Waals surface area contributed by atoms with Gasteiger partial charge in [0.05, 0.1) is 12.6 Å². The van der Waals surface area contributed by atoms with Crippen molar-refractivity contribution in [2.24, 2.45) is 11.7 Å². The number of aliphatic carboxylic acids is 1. The lowest BCUT2D eigenvalue weighted by atomic mass is 10.1. The average molecular weight is 158 g/mol. The highest BCUT2D eigenvalue weighted by Gasteiger charge is 2.33. The van der Waals surface area contributed by atoms with Crippen molar-refractivity contribution in [2.45, 2.75) is 6.42 Å². The van der Waals surface area contributed by atoms with E-state index in [2.05, 4.69) is 0 Å². The van der Waals surface area contributed by atoms with Crippen molar-refractivity contribution >= 4 is 11.9 Å². The van der Waals surface area contributed by atoms with Gasteiger partial charge in [-0.25, -0.2) is 0 Å². The molecular weight excluding hydrogens is 148 g/mol. The van der Waals surface area contributed by atoms with Gasteiger partial charge in [-0.15, -0.1) is 0 Å². The zero-order chi connectivity index (χ0) is 8.43. The molecule has 1 aliphatic heterocycles. The Morgan fingerprint density at radius 3 is 2.73 bits per heavy atom. The summed E-state index contributed by atoms with van der Waals surface area (Å²) in [5.74, 6) is -1.65. The van der Waals surface area contributed by atoms with Gasteiger partial charge in [-0.2, -0.15) is 0 Å². The van der Waals surface area contributed by atoms with Crippen molar-refractivity contribution in [3.8, 4) is 0 Å². The molecule has 0 spiro atoms. The van der Waals surface area contributed by atoms with Crippen LogP contribution >= 0.6 is 0 Å². The highest BCUT2D eigenvalue weighted by atomic mass is 16.4. The van der Waals surface area contributed by atoms with Gasteiger partial charge in [0.1, 0.15) is 0 Å². The fourth-order valence-corrected chi connectivity index (χ4v) is 1.11. The van der Waals surface area contributed by atoms with Crippen molar-refractivity contribution in [1.29, 1.82) is 0 Å². The van der Waals surface area contributed by atoms with Crippen LogP contribution < -0.4 is 5.73 Å². The highest BCUT2D eigenvalue weighted by Crippen LogP contribution is 2.16. The van der Waals surface area contributed by atoms with E-state index in [-0.39, 0.29) is 25.5 Å². The highest BCUT2D eigenvalue weighted by molar-refractivity contribution is 5.85. The maximum absolute atomic E-state index is 10.9. The first-order chi connectivity index (χ1) is 5.15. The summed E-state index contributed by atoms with van der Waals surface area (Å²) in [6.07, 6.45) is 0.0898. The lowest BCUT2D eigenvalue weighted by Gasteiger charge is -2.11. The summed E-state index contributed by atoms with van der Waals surface area (Å²) < 4.78 is 0. The standard InChI is InChI=1S/C6H10N2O3/c7-3-8-2-4(6(10)11)1-5(8)9/h4H,1-3,7H2,(H,10,11). The summed E-state index contributed by atoms with van der Waals surface area (Å²) in [5.41, 5.74) is 5.20. The van der Waals surface area contributed by atoms with Gasteiger partial charge in [0.25, 0.3) is 0 Å². The Hall–Kier alpha value is -1.10. The molecule has 0 bridgehead atoms. The zero-order valence-electron chi connectivity index (χ0n) is 5.99. The number of likely N-dealkylation sites (tertiary alicyclic amines) is 1. The van der Waals surface area contributed by atoms with E-state index in [0.717, 1.165) is 0 Å². The number of hydrogen-bond acceptors (Lipinski definition) is 3.